The van der Waals surface area contributed by atoms with E-state index in [2.05, 4.69) is 24.3 Å². The summed E-state index contributed by atoms with van der Waals surface area (Å²) in [5.74, 6) is 0.234. The Bertz CT molecular complexity index is 761. The molecule has 0 radical (unpaired) electrons. The van der Waals surface area contributed by atoms with Crippen molar-refractivity contribution in [1.29, 1.82) is 0 Å². The maximum atomic E-state index is 12.9. The zero-order valence-corrected chi connectivity index (χ0v) is 14.3. The SMILES string of the molecule is CN(/C=C1\CCC(C)(/C=C/c2ccccc2)C1=O)c1ccccc1. The van der Waals surface area contributed by atoms with Crippen molar-refractivity contribution >= 4 is 17.5 Å². The Morgan fingerprint density at radius 1 is 1.00 bits per heavy atom. The molecule has 0 bridgehead atoms. The van der Waals surface area contributed by atoms with Crippen LogP contribution in [0.3, 0.4) is 0 Å². The number of allylic oxidation sites excluding steroid dienone is 2. The lowest BCUT2D eigenvalue weighted by molar-refractivity contribution is -0.120. The molecule has 2 aromatic rings. The largest absolute Gasteiger partial charge is 0.351 e. The highest BCUT2D eigenvalue weighted by molar-refractivity contribution is 6.03. The Morgan fingerprint density at radius 3 is 2.29 bits per heavy atom. The van der Waals surface area contributed by atoms with Crippen LogP contribution in [-0.2, 0) is 4.79 Å². The Hall–Kier alpha value is -2.61. The third-order valence-corrected chi connectivity index (χ3v) is 4.68. The number of hydrogen-bond acceptors (Lipinski definition) is 2. The lowest BCUT2D eigenvalue weighted by Crippen LogP contribution is -2.20. The van der Waals surface area contributed by atoms with Gasteiger partial charge < -0.3 is 4.90 Å². The van der Waals surface area contributed by atoms with Crippen LogP contribution in [0.4, 0.5) is 5.69 Å². The molecule has 0 spiro atoms. The van der Waals surface area contributed by atoms with Gasteiger partial charge in [0, 0.05) is 29.9 Å². The molecule has 24 heavy (non-hydrogen) atoms. The second kappa shape index (κ2) is 6.88. The number of Topliss-reactive ketones (excluding diaryl/α,β-unsaturated/α-hetero) is 1. The van der Waals surface area contributed by atoms with Gasteiger partial charge in [0.15, 0.2) is 5.78 Å². The standard InChI is InChI=1S/C22H23NO/c1-22(15-13-18-9-5-3-6-10-18)16-14-19(21(22)24)17-23(2)20-11-7-4-8-12-20/h3-13,15,17H,14,16H2,1-2H3/b15-13+,19-17+. The molecule has 1 aliphatic rings. The van der Waals surface area contributed by atoms with Crippen molar-refractivity contribution < 1.29 is 4.79 Å². The zero-order chi connectivity index (χ0) is 17.0. The quantitative estimate of drug-likeness (QED) is 0.732. The van der Waals surface area contributed by atoms with Gasteiger partial charge in [-0.15, -0.1) is 0 Å². The van der Waals surface area contributed by atoms with Gasteiger partial charge in [-0.1, -0.05) is 60.7 Å². The van der Waals surface area contributed by atoms with E-state index in [1.54, 1.807) is 0 Å². The van der Waals surface area contributed by atoms with Crippen molar-refractivity contribution in [2.45, 2.75) is 19.8 Å². The molecule has 0 aliphatic heterocycles. The highest BCUT2D eigenvalue weighted by Gasteiger charge is 2.38. The summed E-state index contributed by atoms with van der Waals surface area (Å²) >= 11 is 0. The third-order valence-electron chi connectivity index (χ3n) is 4.68. The van der Waals surface area contributed by atoms with Gasteiger partial charge >= 0.3 is 0 Å². The molecule has 0 amide bonds. The average Bonchev–Trinajstić information content (AvgIpc) is 2.90. The summed E-state index contributed by atoms with van der Waals surface area (Å²) in [5, 5.41) is 0. The summed E-state index contributed by atoms with van der Waals surface area (Å²) in [6.45, 7) is 2.04. The topological polar surface area (TPSA) is 20.3 Å². The molecule has 1 aliphatic carbocycles. The number of carbonyl (C=O) groups is 1. The minimum atomic E-state index is -0.404. The van der Waals surface area contributed by atoms with Gasteiger partial charge in [-0.3, -0.25) is 4.79 Å². The fourth-order valence-electron chi connectivity index (χ4n) is 3.09. The van der Waals surface area contributed by atoms with Gasteiger partial charge in [-0.05, 0) is 37.5 Å². The molecular formula is C22H23NO. The Kier molecular flexibility index (Phi) is 4.66. The van der Waals surface area contributed by atoms with Gasteiger partial charge in [0.1, 0.15) is 0 Å². The Labute approximate surface area is 144 Å². The van der Waals surface area contributed by atoms with Gasteiger partial charge in [0.05, 0.1) is 0 Å². The van der Waals surface area contributed by atoms with Crippen LogP contribution < -0.4 is 4.90 Å². The predicted molar refractivity (Wildman–Crippen MR) is 101 cm³/mol. The number of hydrogen-bond donors (Lipinski definition) is 0. The van der Waals surface area contributed by atoms with Gasteiger partial charge in [-0.25, -0.2) is 0 Å². The number of nitrogens with zero attached hydrogens (tertiary/aromatic N) is 1. The molecule has 0 saturated heterocycles. The molecule has 0 aromatic heterocycles. The molecular weight excluding hydrogens is 294 g/mol. The number of carbonyl (C=O) groups excluding carboxylic acids is 1. The third kappa shape index (κ3) is 3.48. The molecule has 1 atom stereocenters. The van der Waals surface area contributed by atoms with Crippen LogP contribution in [0.1, 0.15) is 25.3 Å². The van der Waals surface area contributed by atoms with Crippen LogP contribution in [0.25, 0.3) is 6.08 Å². The summed E-state index contributed by atoms with van der Waals surface area (Å²) in [6, 6.07) is 20.2. The van der Waals surface area contributed by atoms with Crippen LogP contribution in [0.5, 0.6) is 0 Å². The van der Waals surface area contributed by atoms with Crippen molar-refractivity contribution in [3.63, 3.8) is 0 Å². The molecule has 1 saturated carbocycles. The summed E-state index contributed by atoms with van der Waals surface area (Å²) in [7, 11) is 1.99. The minimum absolute atomic E-state index is 0.234. The minimum Gasteiger partial charge on any atom is -0.351 e. The Morgan fingerprint density at radius 2 is 1.62 bits per heavy atom. The smallest absolute Gasteiger partial charge is 0.169 e. The van der Waals surface area contributed by atoms with E-state index >= 15 is 0 Å². The normalized spacial score (nSPS) is 22.4. The van der Waals surface area contributed by atoms with Crippen molar-refractivity contribution in [3.05, 3.63) is 84.1 Å². The summed E-state index contributed by atoms with van der Waals surface area (Å²) in [6.07, 6.45) is 7.80. The maximum Gasteiger partial charge on any atom is 0.169 e. The van der Waals surface area contributed by atoms with E-state index < -0.39 is 5.41 Å². The number of rotatable bonds is 4. The van der Waals surface area contributed by atoms with Crippen LogP contribution in [0.15, 0.2) is 78.5 Å². The molecule has 2 heteroatoms. The van der Waals surface area contributed by atoms with Crippen LogP contribution in [-0.4, -0.2) is 12.8 Å². The van der Waals surface area contributed by atoms with Crippen molar-refractivity contribution in [2.75, 3.05) is 11.9 Å². The molecule has 0 heterocycles. The summed E-state index contributed by atoms with van der Waals surface area (Å²) in [5.41, 5.74) is 2.72. The highest BCUT2D eigenvalue weighted by Crippen LogP contribution is 2.39. The predicted octanol–water partition coefficient (Wildman–Crippen LogP) is 5.09. The number of benzene rings is 2. The Balaban J connectivity index is 1.77. The van der Waals surface area contributed by atoms with Crippen molar-refractivity contribution in [3.8, 4) is 0 Å². The molecule has 3 rings (SSSR count). The van der Waals surface area contributed by atoms with Crippen molar-refractivity contribution in [2.24, 2.45) is 5.41 Å². The molecule has 0 N–H and O–H groups in total. The number of ketones is 1. The van der Waals surface area contributed by atoms with Crippen LogP contribution >= 0.6 is 0 Å². The molecule has 1 fully saturated rings. The van der Waals surface area contributed by atoms with E-state index in [1.807, 2.05) is 73.6 Å². The van der Waals surface area contributed by atoms with Gasteiger partial charge in [0.2, 0.25) is 0 Å². The zero-order valence-electron chi connectivity index (χ0n) is 14.3. The monoisotopic (exact) mass is 317 g/mol. The van der Waals surface area contributed by atoms with Gasteiger partial charge in [0.25, 0.3) is 0 Å². The first kappa shape index (κ1) is 16.3. The van der Waals surface area contributed by atoms with Crippen LogP contribution in [0.2, 0.25) is 0 Å². The molecule has 2 aromatic carbocycles. The fraction of sp³-hybridized carbons (Fsp3) is 0.227. The number of para-hydroxylation sites is 1. The van der Waals surface area contributed by atoms with E-state index in [1.165, 1.54) is 0 Å². The first-order valence-corrected chi connectivity index (χ1v) is 8.36. The van der Waals surface area contributed by atoms with Crippen molar-refractivity contribution in [1.82, 2.24) is 0 Å². The van der Waals surface area contributed by atoms with Gasteiger partial charge in [-0.2, -0.15) is 0 Å². The first-order valence-electron chi connectivity index (χ1n) is 8.36. The van der Waals surface area contributed by atoms with E-state index in [4.69, 9.17) is 0 Å². The number of anilines is 1. The van der Waals surface area contributed by atoms with E-state index in [9.17, 15) is 4.79 Å². The second-order valence-corrected chi connectivity index (χ2v) is 6.59. The first-order chi connectivity index (χ1) is 11.6. The molecule has 2 nitrogen and oxygen atoms in total. The van der Waals surface area contributed by atoms with E-state index in [0.717, 1.165) is 29.7 Å². The average molecular weight is 317 g/mol. The molecule has 1 unspecified atom stereocenters. The van der Waals surface area contributed by atoms with Crippen LogP contribution in [0, 0.1) is 5.41 Å². The lowest BCUT2D eigenvalue weighted by Gasteiger charge is -2.18. The van der Waals surface area contributed by atoms with E-state index in [-0.39, 0.29) is 5.78 Å². The maximum absolute atomic E-state index is 12.9. The fourth-order valence-corrected chi connectivity index (χ4v) is 3.09. The molecule has 122 valence electrons. The highest BCUT2D eigenvalue weighted by atomic mass is 16.1. The summed E-state index contributed by atoms with van der Waals surface area (Å²) in [4.78, 5) is 14.9. The van der Waals surface area contributed by atoms with E-state index in [0.29, 0.717) is 0 Å². The second-order valence-electron chi connectivity index (χ2n) is 6.59. The lowest BCUT2D eigenvalue weighted by atomic mass is 9.86. The summed E-state index contributed by atoms with van der Waals surface area (Å²) < 4.78 is 0.